The number of likely N-dealkylation sites (tertiary alicyclic amines) is 1. The van der Waals surface area contributed by atoms with Crippen molar-refractivity contribution in [2.75, 3.05) is 24.6 Å². The molecule has 0 spiro atoms. The fraction of sp³-hybridized carbons (Fsp3) is 0.385. The Morgan fingerprint density at radius 2 is 1.80 bits per heavy atom. The van der Waals surface area contributed by atoms with Gasteiger partial charge in [-0.1, -0.05) is 19.9 Å². The van der Waals surface area contributed by atoms with E-state index < -0.39 is 26.4 Å². The van der Waals surface area contributed by atoms with Crippen molar-refractivity contribution in [1.29, 1.82) is 0 Å². The molecule has 1 aromatic heterocycles. The highest BCUT2D eigenvalue weighted by Crippen LogP contribution is 2.36. The quantitative estimate of drug-likeness (QED) is 0.126. The number of rotatable bonds is 10. The van der Waals surface area contributed by atoms with Crippen molar-refractivity contribution < 1.29 is 37.9 Å². The maximum Gasteiger partial charge on any atom is 0.510 e. The van der Waals surface area contributed by atoms with Crippen LogP contribution in [0.5, 0.6) is 0 Å². The maximum absolute atomic E-state index is 13.2. The molecule has 0 unspecified atom stereocenters. The van der Waals surface area contributed by atoms with Crippen molar-refractivity contribution in [2.24, 2.45) is 5.92 Å². The first-order valence-corrected chi connectivity index (χ1v) is 15.0. The number of amides is 1. The van der Waals surface area contributed by atoms with Gasteiger partial charge in [0.05, 0.1) is 10.4 Å². The minimum absolute atomic E-state index is 0.126. The van der Waals surface area contributed by atoms with Crippen LogP contribution in [-0.4, -0.2) is 62.2 Å². The van der Waals surface area contributed by atoms with Gasteiger partial charge in [-0.05, 0) is 60.7 Å². The first kappa shape index (κ1) is 29.8. The molecule has 1 aliphatic rings. The van der Waals surface area contributed by atoms with Gasteiger partial charge in [-0.15, -0.1) is 0 Å². The lowest BCUT2D eigenvalue weighted by Gasteiger charge is -2.41. The molecular formula is C26H31N4O8PS. The molecule has 214 valence electrons. The Kier molecular flexibility index (Phi) is 9.64. The summed E-state index contributed by atoms with van der Waals surface area (Å²) in [5, 5.41) is 0. The predicted molar refractivity (Wildman–Crippen MR) is 148 cm³/mol. The van der Waals surface area contributed by atoms with E-state index in [2.05, 4.69) is 24.0 Å². The summed E-state index contributed by atoms with van der Waals surface area (Å²) in [5.41, 5.74) is 2.12. The van der Waals surface area contributed by atoms with E-state index in [9.17, 15) is 14.2 Å². The van der Waals surface area contributed by atoms with Gasteiger partial charge in [0.2, 0.25) is 6.79 Å². The van der Waals surface area contributed by atoms with Crippen LogP contribution in [0.25, 0.3) is 11.0 Å². The Morgan fingerprint density at radius 3 is 2.48 bits per heavy atom. The maximum atomic E-state index is 13.2. The normalized spacial score (nSPS) is 15.2. The van der Waals surface area contributed by atoms with E-state index in [1.165, 1.54) is 11.9 Å². The number of nitrogens with one attached hydrogen (secondary N) is 1. The molecule has 1 fully saturated rings. The molecule has 14 heteroatoms. The van der Waals surface area contributed by atoms with Gasteiger partial charge in [0.15, 0.2) is 0 Å². The number of hydrogen-bond acceptors (Lipinski definition) is 10. The Morgan fingerprint density at radius 1 is 1.10 bits per heavy atom. The number of hydrogen-bond donors (Lipinski definition) is 3. The smallest absolute Gasteiger partial charge is 0.427 e. The molecule has 12 nitrogen and oxygen atoms in total. The molecule has 0 radical (unpaired) electrons. The van der Waals surface area contributed by atoms with Crippen LogP contribution in [-0.2, 0) is 18.6 Å². The summed E-state index contributed by atoms with van der Waals surface area (Å²) < 4.78 is 28.5. The van der Waals surface area contributed by atoms with Crippen molar-refractivity contribution in [1.82, 2.24) is 14.9 Å². The number of benzene rings is 2. The van der Waals surface area contributed by atoms with Gasteiger partial charge in [-0.2, -0.15) is 0 Å². The molecule has 3 aromatic rings. The lowest BCUT2D eigenvalue weighted by molar-refractivity contribution is -0.0879. The summed E-state index contributed by atoms with van der Waals surface area (Å²) in [6.07, 6.45) is 3.57. The van der Waals surface area contributed by atoms with E-state index in [1.807, 2.05) is 44.2 Å². The van der Waals surface area contributed by atoms with Crippen LogP contribution in [0, 0.1) is 5.92 Å². The molecule has 2 aromatic carbocycles. The second-order valence-corrected chi connectivity index (χ2v) is 11.9. The van der Waals surface area contributed by atoms with Gasteiger partial charge in [-0.25, -0.2) is 13.9 Å². The topological polar surface area (TPSA) is 160 Å². The molecule has 0 bridgehead atoms. The zero-order valence-electron chi connectivity index (χ0n) is 22.1. The fourth-order valence-electron chi connectivity index (χ4n) is 4.58. The Balaban J connectivity index is 1.32. The molecule has 1 amide bonds. The third-order valence-corrected chi connectivity index (χ3v) is 7.64. The third-order valence-electron chi connectivity index (χ3n) is 6.31. The van der Waals surface area contributed by atoms with E-state index in [1.54, 1.807) is 29.4 Å². The zero-order valence-corrected chi connectivity index (χ0v) is 23.8. The first-order chi connectivity index (χ1) is 19.0. The lowest BCUT2D eigenvalue weighted by Crippen LogP contribution is -2.49. The monoisotopic (exact) mass is 590 g/mol. The van der Waals surface area contributed by atoms with Crippen molar-refractivity contribution in [3.8, 4) is 0 Å². The van der Waals surface area contributed by atoms with Crippen LogP contribution in [0.15, 0.2) is 59.8 Å². The number of fused-ring (bicyclic) bond motifs is 1. The second kappa shape index (κ2) is 13.0. The molecule has 4 rings (SSSR count). The number of carbonyl (C=O) groups is 2. The number of carbonyl (C=O) groups excluding carboxylic acids is 2. The zero-order chi connectivity index (χ0) is 28.8. The second-order valence-electron chi connectivity index (χ2n) is 9.77. The van der Waals surface area contributed by atoms with Gasteiger partial charge < -0.3 is 28.9 Å². The molecule has 0 aliphatic carbocycles. The highest BCUT2D eigenvalue weighted by Gasteiger charge is 2.40. The Labute approximate surface area is 235 Å². The molecule has 0 atom stereocenters. The number of para-hydroxylation sites is 1. The van der Waals surface area contributed by atoms with E-state index in [0.717, 1.165) is 21.6 Å². The molecule has 1 aliphatic heterocycles. The highest BCUT2D eigenvalue weighted by atomic mass is 32.2. The number of aromatic nitrogens is 2. The minimum Gasteiger partial charge on any atom is -0.427 e. The van der Waals surface area contributed by atoms with Gasteiger partial charge in [0.1, 0.15) is 11.1 Å². The van der Waals surface area contributed by atoms with Gasteiger partial charge in [0, 0.05) is 49.6 Å². The summed E-state index contributed by atoms with van der Waals surface area (Å²) in [6.45, 7) is 3.80. The average Bonchev–Trinajstić information content (AvgIpc) is 2.91. The molecule has 1 saturated heterocycles. The summed E-state index contributed by atoms with van der Waals surface area (Å²) in [7, 11) is -4.77. The van der Waals surface area contributed by atoms with Gasteiger partial charge in [-0.3, -0.25) is 14.8 Å². The number of ether oxygens (including phenoxy) is 2. The highest BCUT2D eigenvalue weighted by molar-refractivity contribution is 8.00. The minimum atomic E-state index is -4.77. The van der Waals surface area contributed by atoms with Crippen molar-refractivity contribution in [2.45, 2.75) is 43.6 Å². The van der Waals surface area contributed by atoms with Crippen molar-refractivity contribution in [3.63, 3.8) is 0 Å². The van der Waals surface area contributed by atoms with Crippen LogP contribution in [0.3, 0.4) is 0 Å². The number of nitrogens with zero attached hydrogens (tertiary/aromatic N) is 3. The van der Waals surface area contributed by atoms with E-state index in [0.29, 0.717) is 37.9 Å². The number of piperidine rings is 1. The SMILES string of the molecule is CC(C)CC1(OC(=O)OCOP(=O)(O)O)CCN(C(=O)c2ccc(NSc3cccc4nccnc34)cc2)CC1. The fourth-order valence-corrected chi connectivity index (χ4v) is 5.54. The molecule has 2 heterocycles. The molecular weight excluding hydrogens is 559 g/mol. The van der Waals surface area contributed by atoms with Crippen LogP contribution >= 0.6 is 19.8 Å². The Bertz CT molecular complexity index is 1370. The van der Waals surface area contributed by atoms with E-state index in [4.69, 9.17) is 14.5 Å². The van der Waals surface area contributed by atoms with Gasteiger partial charge in [0.25, 0.3) is 5.91 Å². The largest absolute Gasteiger partial charge is 0.510 e. The van der Waals surface area contributed by atoms with Gasteiger partial charge >= 0.3 is 14.0 Å². The van der Waals surface area contributed by atoms with Crippen molar-refractivity contribution >= 4 is 48.6 Å². The van der Waals surface area contributed by atoms with Crippen LogP contribution in [0.2, 0.25) is 0 Å². The first-order valence-electron chi connectivity index (χ1n) is 12.6. The van der Waals surface area contributed by atoms with Crippen molar-refractivity contribution in [3.05, 3.63) is 60.4 Å². The predicted octanol–water partition coefficient (Wildman–Crippen LogP) is 4.99. The molecule has 0 saturated carbocycles. The average molecular weight is 591 g/mol. The summed E-state index contributed by atoms with van der Waals surface area (Å²) in [6, 6.07) is 13.0. The molecule has 40 heavy (non-hydrogen) atoms. The van der Waals surface area contributed by atoms with Crippen LogP contribution < -0.4 is 4.72 Å². The summed E-state index contributed by atoms with van der Waals surface area (Å²) in [5.74, 6) is 0.0690. The van der Waals surface area contributed by atoms with Crippen LogP contribution in [0.4, 0.5) is 10.5 Å². The Hall–Kier alpha value is -3.22. The number of anilines is 1. The van der Waals surface area contributed by atoms with E-state index in [-0.39, 0.29) is 11.8 Å². The van der Waals surface area contributed by atoms with Crippen LogP contribution in [0.1, 0.15) is 43.5 Å². The standard InChI is InChI=1S/C26H31N4O8PS/c1-18(2)16-26(38-25(32)36-17-37-39(33,34)35)10-14-30(15-11-26)24(31)19-6-8-20(9-7-19)29-40-22-5-3-4-21-23(22)28-13-12-27-21/h3-9,12-13,18,29H,10-11,14-17H2,1-2H3,(H2,33,34,35). The van der Waals surface area contributed by atoms with E-state index >= 15 is 0 Å². The third kappa shape index (κ3) is 8.15. The number of phosphoric acid groups is 1. The number of phosphoric ester groups is 1. The summed E-state index contributed by atoms with van der Waals surface area (Å²) >= 11 is 1.41. The summed E-state index contributed by atoms with van der Waals surface area (Å²) in [4.78, 5) is 54.2. The lowest BCUT2D eigenvalue weighted by atomic mass is 9.83. The molecule has 3 N–H and O–H groups in total.